The molecule has 0 saturated heterocycles. The van der Waals surface area contributed by atoms with Crippen molar-refractivity contribution in [3.8, 4) is 0 Å². The molecule has 9 heteroatoms. The van der Waals surface area contributed by atoms with Crippen molar-refractivity contribution in [2.75, 3.05) is 19.8 Å². The average Bonchev–Trinajstić information content (AvgIpc) is 2.99. The molecule has 0 aromatic rings. The second kappa shape index (κ2) is 30.5. The fraction of sp³-hybridized carbons (Fsp3) is 0.735. The molecule has 3 atom stereocenters. The topological polar surface area (TPSA) is 131 Å². The highest BCUT2D eigenvalue weighted by Gasteiger charge is 2.26. The molecular weight excluding hydrogens is 563 g/mol. The zero-order chi connectivity index (χ0) is 31.9. The van der Waals surface area contributed by atoms with Crippen LogP contribution in [0.15, 0.2) is 48.6 Å². The molecule has 0 aliphatic carbocycles. The minimum Gasteiger partial charge on any atom is -0.387 e. The van der Waals surface area contributed by atoms with Crippen molar-refractivity contribution in [3.63, 3.8) is 0 Å². The zero-order valence-corrected chi connectivity index (χ0v) is 28.1. The summed E-state index contributed by atoms with van der Waals surface area (Å²) in [5.74, 6) is -0.218. The Bertz CT molecular complexity index is 815. The summed E-state index contributed by atoms with van der Waals surface area (Å²) >= 11 is 0. The van der Waals surface area contributed by atoms with E-state index < -0.39 is 20.0 Å². The maximum Gasteiger partial charge on any atom is 0.472 e. The van der Waals surface area contributed by atoms with Crippen LogP contribution in [0.25, 0.3) is 0 Å². The maximum atomic E-state index is 12.6. The third kappa shape index (κ3) is 29.0. The van der Waals surface area contributed by atoms with Crippen molar-refractivity contribution in [1.29, 1.82) is 0 Å². The summed E-state index contributed by atoms with van der Waals surface area (Å²) in [6.45, 7) is 3.94. The Balaban J connectivity index is 4.40. The summed E-state index contributed by atoms with van der Waals surface area (Å²) < 4.78 is 21.9. The molecular formula is C34H63N2O6P. The number of hydrogen-bond acceptors (Lipinski definition) is 6. The molecule has 0 saturated carbocycles. The van der Waals surface area contributed by atoms with E-state index in [2.05, 4.69) is 55.6 Å². The van der Waals surface area contributed by atoms with Crippen LogP contribution in [0, 0.1) is 0 Å². The van der Waals surface area contributed by atoms with E-state index in [4.69, 9.17) is 14.8 Å². The van der Waals surface area contributed by atoms with Crippen LogP contribution < -0.4 is 11.1 Å². The largest absolute Gasteiger partial charge is 0.472 e. The Hall–Kier alpha value is -1.54. The lowest BCUT2D eigenvalue weighted by Gasteiger charge is -2.23. The lowest BCUT2D eigenvalue weighted by Crippen LogP contribution is -2.45. The van der Waals surface area contributed by atoms with E-state index in [9.17, 15) is 19.4 Å². The summed E-state index contributed by atoms with van der Waals surface area (Å²) in [4.78, 5) is 22.5. The van der Waals surface area contributed by atoms with Crippen molar-refractivity contribution in [2.45, 2.75) is 142 Å². The summed E-state index contributed by atoms with van der Waals surface area (Å²) in [5.41, 5.74) is 5.33. The van der Waals surface area contributed by atoms with Crippen molar-refractivity contribution in [2.24, 2.45) is 5.73 Å². The molecule has 0 aromatic carbocycles. The number of aliphatic hydroxyl groups excluding tert-OH is 1. The van der Waals surface area contributed by atoms with Gasteiger partial charge in [0.05, 0.1) is 25.4 Å². The Morgan fingerprint density at radius 1 is 0.791 bits per heavy atom. The summed E-state index contributed by atoms with van der Waals surface area (Å²) in [6.07, 6.45) is 34.4. The first-order chi connectivity index (χ1) is 20.9. The highest BCUT2D eigenvalue weighted by atomic mass is 31.2. The standard InChI is InChI=1S/C34H63N2O6P/c1-3-5-7-9-11-13-14-15-16-17-18-20-22-24-26-28-34(38)36-32(31-42-43(39,40)41-30-29-35)33(37)27-25-23-21-19-12-10-8-6-4-2/h5,7,11,13,15-16,25,27,32-33,37H,3-4,6,8-10,12,14,17-24,26,28-31,35H2,1-2H3,(H,36,38)(H,39,40)/b7-5-,13-11-,16-15-,27-25+. The van der Waals surface area contributed by atoms with Crippen molar-refractivity contribution >= 4 is 13.7 Å². The second-order valence-electron chi connectivity index (χ2n) is 11.0. The van der Waals surface area contributed by atoms with Crippen LogP contribution in [-0.4, -0.2) is 47.8 Å². The van der Waals surface area contributed by atoms with Crippen LogP contribution in [0.2, 0.25) is 0 Å². The second-order valence-corrected chi connectivity index (χ2v) is 12.4. The van der Waals surface area contributed by atoms with Crippen LogP contribution in [-0.2, 0) is 18.4 Å². The molecule has 3 unspecified atom stereocenters. The highest BCUT2D eigenvalue weighted by molar-refractivity contribution is 7.47. The molecule has 5 N–H and O–H groups in total. The van der Waals surface area contributed by atoms with Crippen LogP contribution in [0.1, 0.15) is 129 Å². The van der Waals surface area contributed by atoms with Gasteiger partial charge >= 0.3 is 7.82 Å². The number of aliphatic hydroxyl groups is 1. The van der Waals surface area contributed by atoms with E-state index in [1.807, 2.05) is 6.08 Å². The number of rotatable bonds is 30. The van der Waals surface area contributed by atoms with Gasteiger partial charge in [-0.1, -0.05) is 120 Å². The van der Waals surface area contributed by atoms with Gasteiger partial charge in [0.25, 0.3) is 0 Å². The first kappa shape index (κ1) is 41.5. The van der Waals surface area contributed by atoms with Gasteiger partial charge in [-0.15, -0.1) is 0 Å². The summed E-state index contributed by atoms with van der Waals surface area (Å²) in [6, 6.07) is -0.866. The van der Waals surface area contributed by atoms with E-state index in [1.54, 1.807) is 6.08 Å². The molecule has 0 bridgehead atoms. The molecule has 0 heterocycles. The number of amides is 1. The van der Waals surface area contributed by atoms with Crippen molar-refractivity contribution in [1.82, 2.24) is 5.32 Å². The van der Waals surface area contributed by atoms with Crippen molar-refractivity contribution in [3.05, 3.63) is 48.6 Å². The number of hydrogen-bond donors (Lipinski definition) is 4. The molecule has 0 aromatic heterocycles. The van der Waals surface area contributed by atoms with Gasteiger partial charge in [-0.25, -0.2) is 4.57 Å². The third-order valence-electron chi connectivity index (χ3n) is 6.91. The zero-order valence-electron chi connectivity index (χ0n) is 27.2. The number of nitrogens with two attached hydrogens (primary N) is 1. The van der Waals surface area contributed by atoms with Gasteiger partial charge in [0, 0.05) is 13.0 Å². The number of phosphoric acid groups is 1. The molecule has 1 amide bonds. The molecule has 43 heavy (non-hydrogen) atoms. The number of allylic oxidation sites excluding steroid dienone is 7. The van der Waals surface area contributed by atoms with E-state index >= 15 is 0 Å². The van der Waals surface area contributed by atoms with E-state index in [1.165, 1.54) is 32.1 Å². The highest BCUT2D eigenvalue weighted by Crippen LogP contribution is 2.43. The predicted molar refractivity (Wildman–Crippen MR) is 180 cm³/mol. The first-order valence-corrected chi connectivity index (χ1v) is 18.3. The molecule has 0 aliphatic rings. The summed E-state index contributed by atoms with van der Waals surface area (Å²) in [7, 11) is -4.33. The van der Waals surface area contributed by atoms with Crippen LogP contribution in [0.4, 0.5) is 0 Å². The van der Waals surface area contributed by atoms with Gasteiger partial charge in [0.1, 0.15) is 0 Å². The number of carbonyl (C=O) groups excluding carboxylic acids is 1. The minimum absolute atomic E-state index is 0.0732. The van der Waals surface area contributed by atoms with Crippen LogP contribution in [0.3, 0.4) is 0 Å². The Labute approximate surface area is 262 Å². The fourth-order valence-electron chi connectivity index (χ4n) is 4.38. The van der Waals surface area contributed by atoms with Crippen LogP contribution >= 0.6 is 7.82 Å². The first-order valence-electron chi connectivity index (χ1n) is 16.8. The molecule has 0 aliphatic heterocycles. The molecule has 0 radical (unpaired) electrons. The van der Waals surface area contributed by atoms with E-state index in [0.29, 0.717) is 6.42 Å². The average molecular weight is 627 g/mol. The van der Waals surface area contributed by atoms with Gasteiger partial charge < -0.3 is 21.1 Å². The fourth-order valence-corrected chi connectivity index (χ4v) is 5.14. The van der Waals surface area contributed by atoms with Gasteiger partial charge in [-0.3, -0.25) is 13.8 Å². The number of unbranched alkanes of at least 4 members (excludes halogenated alkanes) is 12. The smallest absolute Gasteiger partial charge is 0.387 e. The monoisotopic (exact) mass is 626 g/mol. The van der Waals surface area contributed by atoms with Gasteiger partial charge in [-0.2, -0.15) is 0 Å². The molecule has 0 rings (SSSR count). The van der Waals surface area contributed by atoms with Crippen LogP contribution in [0.5, 0.6) is 0 Å². The maximum absolute atomic E-state index is 12.6. The third-order valence-corrected chi connectivity index (χ3v) is 7.89. The number of phosphoric ester groups is 1. The molecule has 0 spiro atoms. The Morgan fingerprint density at radius 2 is 1.35 bits per heavy atom. The Kier molecular flexibility index (Phi) is 29.4. The summed E-state index contributed by atoms with van der Waals surface area (Å²) in [5, 5.41) is 13.5. The lowest BCUT2D eigenvalue weighted by molar-refractivity contribution is -0.123. The molecule has 0 fully saturated rings. The van der Waals surface area contributed by atoms with E-state index in [-0.39, 0.29) is 25.7 Å². The number of carbonyl (C=O) groups is 1. The van der Waals surface area contributed by atoms with Crippen molar-refractivity contribution < 1.29 is 28.4 Å². The van der Waals surface area contributed by atoms with E-state index in [0.717, 1.165) is 77.0 Å². The lowest BCUT2D eigenvalue weighted by atomic mass is 10.1. The minimum atomic E-state index is -4.33. The predicted octanol–water partition coefficient (Wildman–Crippen LogP) is 8.21. The molecule has 250 valence electrons. The molecule has 8 nitrogen and oxygen atoms in total. The quantitative estimate of drug-likeness (QED) is 0.0359. The van der Waals surface area contributed by atoms with Gasteiger partial charge in [0.15, 0.2) is 0 Å². The number of nitrogens with one attached hydrogen (secondary N) is 1. The normalized spacial score (nSPS) is 15.2. The van der Waals surface area contributed by atoms with Gasteiger partial charge in [-0.05, 0) is 51.4 Å². The van der Waals surface area contributed by atoms with Gasteiger partial charge in [0.2, 0.25) is 5.91 Å². The Morgan fingerprint density at radius 3 is 1.98 bits per heavy atom. The SMILES string of the molecule is CC/C=C\C/C=C\C/C=C\CCCCCCCC(=O)NC(COP(=O)(O)OCCN)C(O)/C=C/CCCCCCCCC.